The lowest BCUT2D eigenvalue weighted by Crippen LogP contribution is -1.87. The number of hydrogen-bond donors (Lipinski definition) is 1. The molecule has 2 aromatic carbocycles. The van der Waals surface area contributed by atoms with Gasteiger partial charge in [-0.25, -0.2) is 0 Å². The maximum atomic E-state index is 9.08. The smallest absolute Gasteiger partial charge is 0.0465 e. The van der Waals surface area contributed by atoms with Crippen LogP contribution in [0.1, 0.15) is 17.5 Å². The lowest BCUT2D eigenvalue weighted by Gasteiger charge is -2.08. The third-order valence-corrected chi connectivity index (χ3v) is 4.13. The Hall–Kier alpha value is -1.10. The molecule has 0 radical (unpaired) electrons. The summed E-state index contributed by atoms with van der Waals surface area (Å²) in [6, 6.07) is 18.0. The minimum atomic E-state index is 0.154. The molecule has 0 spiro atoms. The molecular formula is C18H16ClIO. The van der Waals surface area contributed by atoms with Crippen LogP contribution >= 0.6 is 34.2 Å². The van der Waals surface area contributed by atoms with Gasteiger partial charge in [0.25, 0.3) is 0 Å². The van der Waals surface area contributed by atoms with Crippen LogP contribution in [-0.4, -0.2) is 11.7 Å². The van der Waals surface area contributed by atoms with Crippen molar-refractivity contribution >= 4 is 45.8 Å². The van der Waals surface area contributed by atoms with E-state index in [1.54, 1.807) is 0 Å². The molecule has 0 saturated carbocycles. The van der Waals surface area contributed by atoms with Gasteiger partial charge < -0.3 is 5.11 Å². The zero-order chi connectivity index (χ0) is 15.1. The molecular weight excluding hydrogens is 395 g/mol. The number of benzene rings is 2. The monoisotopic (exact) mass is 410 g/mol. The van der Waals surface area contributed by atoms with Crippen molar-refractivity contribution in [1.82, 2.24) is 0 Å². The Morgan fingerprint density at radius 2 is 1.71 bits per heavy atom. The van der Waals surface area contributed by atoms with Crippen molar-refractivity contribution in [2.75, 3.05) is 6.61 Å². The molecule has 0 amide bonds. The number of rotatable bonds is 5. The van der Waals surface area contributed by atoms with Gasteiger partial charge in [0.2, 0.25) is 0 Å². The summed E-state index contributed by atoms with van der Waals surface area (Å²) in [6.07, 6.45) is 4.84. The van der Waals surface area contributed by atoms with Gasteiger partial charge in [0.15, 0.2) is 0 Å². The quantitative estimate of drug-likeness (QED) is 0.504. The maximum absolute atomic E-state index is 9.08. The van der Waals surface area contributed by atoms with Crippen LogP contribution in [0.3, 0.4) is 0 Å². The molecule has 0 aliphatic rings. The second-order valence-electron chi connectivity index (χ2n) is 4.54. The van der Waals surface area contributed by atoms with Crippen LogP contribution < -0.4 is 0 Å². The molecule has 2 rings (SSSR count). The Morgan fingerprint density at radius 3 is 2.33 bits per heavy atom. The molecule has 0 bridgehead atoms. The lowest BCUT2D eigenvalue weighted by atomic mass is 10.0. The average molecular weight is 411 g/mol. The summed E-state index contributed by atoms with van der Waals surface area (Å²) >= 11 is 8.25. The Kier molecular flexibility index (Phi) is 6.49. The van der Waals surface area contributed by atoms with Crippen molar-refractivity contribution in [3.8, 4) is 0 Å². The highest BCUT2D eigenvalue weighted by Gasteiger charge is 2.05. The van der Waals surface area contributed by atoms with Gasteiger partial charge in [-0.1, -0.05) is 60.1 Å². The van der Waals surface area contributed by atoms with E-state index in [9.17, 15) is 0 Å². The van der Waals surface area contributed by atoms with Crippen molar-refractivity contribution in [3.05, 3.63) is 80.4 Å². The molecule has 0 fully saturated rings. The van der Waals surface area contributed by atoms with Gasteiger partial charge >= 0.3 is 0 Å². The number of allylic oxidation sites excluding steroid dienone is 2. The van der Waals surface area contributed by atoms with Crippen LogP contribution in [-0.2, 0) is 0 Å². The highest BCUT2D eigenvalue weighted by Crippen LogP contribution is 2.30. The first-order valence-electron chi connectivity index (χ1n) is 6.70. The number of hydrogen-bond acceptors (Lipinski definition) is 1. The Labute approximate surface area is 144 Å². The van der Waals surface area contributed by atoms with E-state index in [1.165, 1.54) is 0 Å². The molecule has 108 valence electrons. The third kappa shape index (κ3) is 4.99. The second kappa shape index (κ2) is 8.37. The van der Waals surface area contributed by atoms with Crippen LogP contribution in [0.15, 0.2) is 64.3 Å². The van der Waals surface area contributed by atoms with Gasteiger partial charge in [0.1, 0.15) is 0 Å². The van der Waals surface area contributed by atoms with Gasteiger partial charge in [-0.2, -0.15) is 0 Å². The summed E-state index contributed by atoms with van der Waals surface area (Å²) in [4.78, 5) is 0. The van der Waals surface area contributed by atoms with E-state index in [0.29, 0.717) is 6.42 Å². The summed E-state index contributed by atoms with van der Waals surface area (Å²) < 4.78 is 1.13. The van der Waals surface area contributed by atoms with Crippen LogP contribution in [0.4, 0.5) is 0 Å². The summed E-state index contributed by atoms with van der Waals surface area (Å²) in [5.74, 6) is 0. The fraction of sp³-hybridized carbons (Fsp3) is 0.111. The first kappa shape index (κ1) is 16.3. The Bertz CT molecular complexity index is 630. The fourth-order valence-corrected chi connectivity index (χ4v) is 2.98. The molecule has 0 saturated heterocycles. The number of aliphatic hydroxyl groups excluding tert-OH is 1. The van der Waals surface area contributed by atoms with Crippen LogP contribution in [0.25, 0.3) is 11.6 Å². The number of halogens is 2. The van der Waals surface area contributed by atoms with E-state index in [0.717, 1.165) is 25.3 Å². The van der Waals surface area contributed by atoms with Crippen LogP contribution in [0, 0.1) is 0 Å². The van der Waals surface area contributed by atoms with Crippen molar-refractivity contribution in [2.24, 2.45) is 0 Å². The van der Waals surface area contributed by atoms with Crippen LogP contribution in [0.5, 0.6) is 0 Å². The molecule has 3 heteroatoms. The third-order valence-electron chi connectivity index (χ3n) is 2.98. The molecule has 2 aromatic rings. The normalized spacial score (nSPS) is 12.5. The van der Waals surface area contributed by atoms with Crippen molar-refractivity contribution in [2.45, 2.75) is 6.42 Å². The van der Waals surface area contributed by atoms with Crippen molar-refractivity contribution < 1.29 is 5.11 Å². The number of aliphatic hydroxyl groups is 1. The zero-order valence-corrected chi connectivity index (χ0v) is 14.4. The van der Waals surface area contributed by atoms with E-state index in [1.807, 2.05) is 42.5 Å². The van der Waals surface area contributed by atoms with Crippen molar-refractivity contribution in [3.63, 3.8) is 0 Å². The fourth-order valence-electron chi connectivity index (χ4n) is 1.96. The standard InChI is InChI=1S/C18H16ClIO/c19-16-10-8-14(9-11-16)13-18(20)17(7-4-12-21)15-5-2-1-3-6-15/h1-3,5-11,13,21H,4,12H2/b17-7-,18-13-. The predicted molar refractivity (Wildman–Crippen MR) is 99.6 cm³/mol. The average Bonchev–Trinajstić information content (AvgIpc) is 2.51. The Balaban J connectivity index is 2.34. The highest BCUT2D eigenvalue weighted by atomic mass is 127. The molecule has 0 aromatic heterocycles. The van der Waals surface area contributed by atoms with Crippen molar-refractivity contribution in [1.29, 1.82) is 0 Å². The minimum absolute atomic E-state index is 0.154. The lowest BCUT2D eigenvalue weighted by molar-refractivity contribution is 0.303. The minimum Gasteiger partial charge on any atom is -0.396 e. The molecule has 1 nitrogen and oxygen atoms in total. The Morgan fingerprint density at radius 1 is 1.05 bits per heavy atom. The van der Waals surface area contributed by atoms with E-state index < -0.39 is 0 Å². The highest BCUT2D eigenvalue weighted by molar-refractivity contribution is 14.1. The molecule has 0 aliphatic heterocycles. The summed E-state index contributed by atoms with van der Waals surface area (Å²) in [5, 5.41) is 9.82. The molecule has 0 heterocycles. The summed E-state index contributed by atoms with van der Waals surface area (Å²) in [6.45, 7) is 0.154. The van der Waals surface area contributed by atoms with E-state index in [-0.39, 0.29) is 6.61 Å². The second-order valence-corrected chi connectivity index (χ2v) is 6.14. The molecule has 21 heavy (non-hydrogen) atoms. The first-order chi connectivity index (χ1) is 10.2. The predicted octanol–water partition coefficient (Wildman–Crippen LogP) is 5.58. The first-order valence-corrected chi connectivity index (χ1v) is 8.16. The molecule has 1 N–H and O–H groups in total. The van der Waals surface area contributed by atoms with E-state index in [4.69, 9.17) is 16.7 Å². The largest absolute Gasteiger partial charge is 0.396 e. The zero-order valence-electron chi connectivity index (χ0n) is 11.5. The van der Waals surface area contributed by atoms with Gasteiger partial charge in [-0.15, -0.1) is 0 Å². The summed E-state index contributed by atoms with van der Waals surface area (Å²) in [7, 11) is 0. The van der Waals surface area contributed by atoms with Gasteiger partial charge in [0, 0.05) is 15.2 Å². The molecule has 0 aliphatic carbocycles. The van der Waals surface area contributed by atoms with E-state index >= 15 is 0 Å². The summed E-state index contributed by atoms with van der Waals surface area (Å²) in [5.41, 5.74) is 3.40. The molecule has 0 unspecified atom stereocenters. The van der Waals surface area contributed by atoms with Gasteiger partial charge in [-0.3, -0.25) is 0 Å². The maximum Gasteiger partial charge on any atom is 0.0465 e. The molecule has 0 atom stereocenters. The van der Waals surface area contributed by atoms with Gasteiger partial charge in [-0.05, 0) is 63.9 Å². The topological polar surface area (TPSA) is 20.2 Å². The SMILES string of the molecule is OCC/C=C(\C(I)=C\c1ccc(Cl)cc1)c1ccccc1. The van der Waals surface area contributed by atoms with Gasteiger partial charge in [0.05, 0.1) is 0 Å². The van der Waals surface area contributed by atoms with Crippen LogP contribution in [0.2, 0.25) is 5.02 Å². The van der Waals surface area contributed by atoms with E-state index in [2.05, 4.69) is 46.9 Å².